The van der Waals surface area contributed by atoms with E-state index in [1.165, 1.54) is 0 Å². The average Bonchev–Trinajstić information content (AvgIpc) is 2.58. The van der Waals surface area contributed by atoms with E-state index in [9.17, 15) is 22.8 Å². The maximum Gasteiger partial charge on any atom is 0.417 e. The van der Waals surface area contributed by atoms with E-state index < -0.39 is 23.7 Å². The summed E-state index contributed by atoms with van der Waals surface area (Å²) >= 11 is 5.77. The van der Waals surface area contributed by atoms with Gasteiger partial charge in [0.2, 0.25) is 0 Å². The second-order valence-corrected chi connectivity index (χ2v) is 5.34. The van der Waals surface area contributed by atoms with Gasteiger partial charge < -0.3 is 20.1 Å². The first-order chi connectivity index (χ1) is 12.7. The highest BCUT2D eigenvalue weighted by atomic mass is 35.5. The quantitative estimate of drug-likeness (QED) is 0.213. The van der Waals surface area contributed by atoms with Gasteiger partial charge in [-0.3, -0.25) is 0 Å². The van der Waals surface area contributed by atoms with Crippen molar-refractivity contribution in [3.05, 3.63) is 34.6 Å². The molecule has 0 aliphatic carbocycles. The molecule has 0 fully saturated rings. The third-order valence-electron chi connectivity index (χ3n) is 2.97. The van der Waals surface area contributed by atoms with E-state index >= 15 is 0 Å². The molecule has 7 nitrogen and oxygen atoms in total. The van der Waals surface area contributed by atoms with Gasteiger partial charge in [-0.25, -0.2) is 14.6 Å². The lowest BCUT2D eigenvalue weighted by Crippen LogP contribution is -2.24. The molecule has 1 aromatic heterocycles. The Kier molecular flexibility index (Phi) is 8.86. The summed E-state index contributed by atoms with van der Waals surface area (Å²) in [6.07, 6.45) is -2.71. The fourth-order valence-electron chi connectivity index (χ4n) is 1.77. The zero-order chi connectivity index (χ0) is 20.4. The number of hydrogen-bond acceptors (Lipinski definition) is 7. The minimum atomic E-state index is -4.53. The molecule has 0 saturated heterocycles. The predicted octanol–water partition coefficient (Wildman–Crippen LogP) is 2.77. The molecule has 1 rings (SSSR count). The van der Waals surface area contributed by atoms with Crippen molar-refractivity contribution >= 4 is 29.4 Å². The van der Waals surface area contributed by atoms with E-state index in [1.54, 1.807) is 13.8 Å². The van der Waals surface area contributed by atoms with Crippen molar-refractivity contribution in [3.63, 3.8) is 0 Å². The van der Waals surface area contributed by atoms with Crippen molar-refractivity contribution in [2.75, 3.05) is 31.6 Å². The van der Waals surface area contributed by atoms with Crippen LogP contribution in [0.2, 0.25) is 5.02 Å². The number of rotatable bonds is 9. The number of carbonyl (C=O) groups is 2. The number of nitrogens with zero attached hydrogens (tertiary/aromatic N) is 1. The number of aromatic nitrogens is 1. The van der Waals surface area contributed by atoms with Crippen LogP contribution in [0.15, 0.2) is 24.0 Å². The lowest BCUT2D eigenvalue weighted by Gasteiger charge is -2.11. The van der Waals surface area contributed by atoms with E-state index in [0.717, 1.165) is 12.3 Å². The Morgan fingerprint density at radius 2 is 1.78 bits per heavy atom. The summed E-state index contributed by atoms with van der Waals surface area (Å²) in [6, 6.07) is 0.768. The molecule has 0 aromatic carbocycles. The van der Waals surface area contributed by atoms with Gasteiger partial charge in [0.1, 0.15) is 5.82 Å². The number of carbonyl (C=O) groups excluding carboxylic acids is 2. The van der Waals surface area contributed by atoms with Gasteiger partial charge in [-0.05, 0) is 19.9 Å². The van der Waals surface area contributed by atoms with E-state index in [2.05, 4.69) is 15.6 Å². The molecule has 0 bridgehead atoms. The molecule has 0 saturated carbocycles. The number of nitrogens with one attached hydrogen (secondary N) is 2. The molecular weight excluding hydrogens is 391 g/mol. The van der Waals surface area contributed by atoms with Crippen LogP contribution in [0.25, 0.3) is 0 Å². The Balaban J connectivity index is 2.61. The molecule has 150 valence electrons. The number of anilines is 1. The van der Waals surface area contributed by atoms with Crippen LogP contribution in [-0.4, -0.2) is 43.2 Å². The van der Waals surface area contributed by atoms with Gasteiger partial charge in [0.05, 0.1) is 23.8 Å². The minimum absolute atomic E-state index is 0.0754. The zero-order valence-electron chi connectivity index (χ0n) is 14.7. The molecule has 0 amide bonds. The average molecular weight is 410 g/mol. The standard InChI is InChI=1S/C16H19ClF3N3O4/c1-3-26-14(24)11(15(25)27-4-2)9-21-5-6-22-13-12(17)7-10(8-23-13)16(18,19)20/h7-9,21H,3-6H2,1-2H3,(H,22,23). The summed E-state index contributed by atoms with van der Waals surface area (Å²) in [5, 5.41) is 5.27. The SMILES string of the molecule is CCOC(=O)C(=CNCCNc1ncc(C(F)(F)F)cc1Cl)C(=O)OCC. The van der Waals surface area contributed by atoms with Crippen molar-refractivity contribution in [1.29, 1.82) is 0 Å². The summed E-state index contributed by atoms with van der Waals surface area (Å²) in [7, 11) is 0. The van der Waals surface area contributed by atoms with Crippen molar-refractivity contribution in [2.24, 2.45) is 0 Å². The topological polar surface area (TPSA) is 89.5 Å². The molecule has 2 N–H and O–H groups in total. The molecule has 0 atom stereocenters. The Morgan fingerprint density at radius 3 is 2.26 bits per heavy atom. The number of esters is 2. The van der Waals surface area contributed by atoms with Gasteiger partial charge in [0.15, 0.2) is 5.57 Å². The van der Waals surface area contributed by atoms with Gasteiger partial charge in [0, 0.05) is 25.5 Å². The van der Waals surface area contributed by atoms with Crippen LogP contribution in [0.3, 0.4) is 0 Å². The fraction of sp³-hybridized carbons (Fsp3) is 0.438. The van der Waals surface area contributed by atoms with Gasteiger partial charge in [0.25, 0.3) is 0 Å². The Labute approximate surface area is 158 Å². The first-order valence-corrected chi connectivity index (χ1v) is 8.32. The van der Waals surface area contributed by atoms with Gasteiger partial charge >= 0.3 is 18.1 Å². The summed E-state index contributed by atoms with van der Waals surface area (Å²) in [5.74, 6) is -1.58. The molecule has 0 spiro atoms. The van der Waals surface area contributed by atoms with Crippen LogP contribution in [-0.2, 0) is 25.2 Å². The lowest BCUT2D eigenvalue weighted by molar-refractivity contribution is -0.146. The predicted molar refractivity (Wildman–Crippen MR) is 92.1 cm³/mol. The highest BCUT2D eigenvalue weighted by molar-refractivity contribution is 6.32. The summed E-state index contributed by atoms with van der Waals surface area (Å²) in [4.78, 5) is 27.1. The van der Waals surface area contributed by atoms with Crippen molar-refractivity contribution < 1.29 is 32.2 Å². The van der Waals surface area contributed by atoms with Crippen LogP contribution in [0.4, 0.5) is 19.0 Å². The Hall–Kier alpha value is -2.49. The van der Waals surface area contributed by atoms with Gasteiger partial charge in [-0.2, -0.15) is 13.2 Å². The van der Waals surface area contributed by atoms with Gasteiger partial charge in [-0.1, -0.05) is 11.6 Å². The maximum atomic E-state index is 12.6. The molecule has 0 radical (unpaired) electrons. The molecule has 1 aromatic rings. The molecule has 0 aliphatic rings. The number of alkyl halides is 3. The van der Waals surface area contributed by atoms with Gasteiger partial charge in [-0.15, -0.1) is 0 Å². The highest BCUT2D eigenvalue weighted by Crippen LogP contribution is 2.32. The molecular formula is C16H19ClF3N3O4. The third-order valence-corrected chi connectivity index (χ3v) is 3.26. The van der Waals surface area contributed by atoms with E-state index in [4.69, 9.17) is 21.1 Å². The Bertz CT molecular complexity index is 676. The maximum absolute atomic E-state index is 12.6. The summed E-state index contributed by atoms with van der Waals surface area (Å²) in [5.41, 5.74) is -1.25. The summed E-state index contributed by atoms with van der Waals surface area (Å²) < 4.78 is 47.2. The first-order valence-electron chi connectivity index (χ1n) is 7.95. The highest BCUT2D eigenvalue weighted by Gasteiger charge is 2.31. The summed E-state index contributed by atoms with van der Waals surface area (Å²) in [6.45, 7) is 3.79. The van der Waals surface area contributed by atoms with Crippen molar-refractivity contribution in [2.45, 2.75) is 20.0 Å². The number of pyridine rings is 1. The normalized spacial score (nSPS) is 10.7. The second-order valence-electron chi connectivity index (χ2n) is 4.93. The molecule has 11 heteroatoms. The number of ether oxygens (including phenoxy) is 2. The molecule has 27 heavy (non-hydrogen) atoms. The van der Waals surface area contributed by atoms with E-state index in [1.807, 2.05) is 0 Å². The van der Waals surface area contributed by atoms with Crippen molar-refractivity contribution in [1.82, 2.24) is 10.3 Å². The van der Waals surface area contributed by atoms with Crippen LogP contribution in [0, 0.1) is 0 Å². The molecule has 1 heterocycles. The van der Waals surface area contributed by atoms with E-state index in [-0.39, 0.29) is 42.7 Å². The number of halogens is 4. The van der Waals surface area contributed by atoms with Crippen LogP contribution < -0.4 is 10.6 Å². The third kappa shape index (κ3) is 7.33. The molecule has 0 aliphatic heterocycles. The van der Waals surface area contributed by atoms with Crippen LogP contribution >= 0.6 is 11.6 Å². The minimum Gasteiger partial charge on any atom is -0.462 e. The fourth-order valence-corrected chi connectivity index (χ4v) is 2.00. The largest absolute Gasteiger partial charge is 0.462 e. The zero-order valence-corrected chi connectivity index (χ0v) is 15.4. The number of hydrogen-bond donors (Lipinski definition) is 2. The molecule has 0 unspecified atom stereocenters. The van der Waals surface area contributed by atoms with Crippen LogP contribution in [0.1, 0.15) is 19.4 Å². The second kappa shape index (κ2) is 10.6. The first kappa shape index (κ1) is 22.6. The monoisotopic (exact) mass is 409 g/mol. The lowest BCUT2D eigenvalue weighted by atomic mass is 10.3. The van der Waals surface area contributed by atoms with E-state index in [0.29, 0.717) is 6.20 Å². The Morgan fingerprint density at radius 1 is 1.19 bits per heavy atom. The van der Waals surface area contributed by atoms with Crippen molar-refractivity contribution in [3.8, 4) is 0 Å². The van der Waals surface area contributed by atoms with Crippen LogP contribution in [0.5, 0.6) is 0 Å². The smallest absolute Gasteiger partial charge is 0.417 e.